The average Bonchev–Trinajstić information content (AvgIpc) is 2.44. The standard InChI is InChI=1S/C14H19Cl2FN2O2S.ClH/c1-18-5-2-10-3-6-19(7-4-10)22(20,21)14-12(15)8-11(17)9-13(14)16;/h8-10,18H,2-7H2,1H3;1H. The van der Waals surface area contributed by atoms with Crippen molar-refractivity contribution in [1.82, 2.24) is 9.62 Å². The van der Waals surface area contributed by atoms with E-state index in [1.54, 1.807) is 0 Å². The number of piperidine rings is 1. The van der Waals surface area contributed by atoms with Crippen LogP contribution in [0.5, 0.6) is 0 Å². The fraction of sp³-hybridized carbons (Fsp3) is 0.571. The molecule has 132 valence electrons. The van der Waals surface area contributed by atoms with Gasteiger partial charge in [0.15, 0.2) is 0 Å². The van der Waals surface area contributed by atoms with E-state index in [0.29, 0.717) is 19.0 Å². The van der Waals surface area contributed by atoms with Gasteiger partial charge in [-0.2, -0.15) is 4.31 Å². The van der Waals surface area contributed by atoms with Gasteiger partial charge in [0.2, 0.25) is 10.0 Å². The Morgan fingerprint density at radius 1 is 1.26 bits per heavy atom. The predicted molar refractivity (Wildman–Crippen MR) is 93.7 cm³/mol. The Balaban J connectivity index is 0.00000264. The smallest absolute Gasteiger partial charge is 0.246 e. The molecule has 1 aromatic rings. The molecule has 0 spiro atoms. The second-order valence-electron chi connectivity index (χ2n) is 5.44. The molecule has 1 fully saturated rings. The third-order valence-electron chi connectivity index (χ3n) is 3.94. The van der Waals surface area contributed by atoms with Gasteiger partial charge in [-0.3, -0.25) is 0 Å². The van der Waals surface area contributed by atoms with E-state index < -0.39 is 15.8 Å². The highest BCUT2D eigenvalue weighted by atomic mass is 35.5. The van der Waals surface area contributed by atoms with Crippen LogP contribution in [-0.4, -0.2) is 39.4 Å². The number of sulfonamides is 1. The summed E-state index contributed by atoms with van der Waals surface area (Å²) in [4.78, 5) is -0.203. The zero-order valence-electron chi connectivity index (χ0n) is 12.7. The Bertz CT molecular complexity index is 612. The molecule has 2 rings (SSSR count). The Labute approximate surface area is 152 Å². The van der Waals surface area contributed by atoms with Crippen molar-refractivity contribution in [2.75, 3.05) is 26.7 Å². The minimum Gasteiger partial charge on any atom is -0.320 e. The van der Waals surface area contributed by atoms with Crippen LogP contribution in [0, 0.1) is 11.7 Å². The van der Waals surface area contributed by atoms with Gasteiger partial charge in [-0.15, -0.1) is 12.4 Å². The molecule has 0 radical (unpaired) electrons. The summed E-state index contributed by atoms with van der Waals surface area (Å²) in [6, 6.07) is 1.94. The van der Waals surface area contributed by atoms with Crippen molar-refractivity contribution in [1.29, 1.82) is 0 Å². The third kappa shape index (κ3) is 4.94. The monoisotopic (exact) mass is 404 g/mol. The van der Waals surface area contributed by atoms with Crippen LogP contribution in [-0.2, 0) is 10.0 Å². The largest absolute Gasteiger partial charge is 0.320 e. The van der Waals surface area contributed by atoms with Crippen molar-refractivity contribution >= 4 is 45.6 Å². The fourth-order valence-corrected chi connectivity index (χ4v) is 5.30. The number of rotatable bonds is 5. The van der Waals surface area contributed by atoms with Gasteiger partial charge in [0.25, 0.3) is 0 Å². The van der Waals surface area contributed by atoms with E-state index in [4.69, 9.17) is 23.2 Å². The van der Waals surface area contributed by atoms with Crippen LogP contribution >= 0.6 is 35.6 Å². The van der Waals surface area contributed by atoms with E-state index in [-0.39, 0.29) is 27.3 Å². The van der Waals surface area contributed by atoms with E-state index >= 15 is 0 Å². The van der Waals surface area contributed by atoms with Crippen molar-refractivity contribution in [3.8, 4) is 0 Å². The second kappa shape index (κ2) is 8.83. The van der Waals surface area contributed by atoms with Crippen LogP contribution < -0.4 is 5.32 Å². The van der Waals surface area contributed by atoms with E-state index in [2.05, 4.69) is 5.32 Å². The van der Waals surface area contributed by atoms with Crippen molar-refractivity contribution in [2.24, 2.45) is 5.92 Å². The maximum absolute atomic E-state index is 13.2. The van der Waals surface area contributed by atoms with Gasteiger partial charge in [-0.05, 0) is 50.9 Å². The van der Waals surface area contributed by atoms with Gasteiger partial charge < -0.3 is 5.32 Å². The van der Waals surface area contributed by atoms with Crippen molar-refractivity contribution in [3.63, 3.8) is 0 Å². The Kier molecular flexibility index (Phi) is 8.04. The lowest BCUT2D eigenvalue weighted by Gasteiger charge is -2.31. The topological polar surface area (TPSA) is 49.4 Å². The summed E-state index contributed by atoms with van der Waals surface area (Å²) in [7, 11) is -1.90. The van der Waals surface area contributed by atoms with Gasteiger partial charge in [-0.25, -0.2) is 12.8 Å². The Morgan fingerprint density at radius 3 is 2.26 bits per heavy atom. The van der Waals surface area contributed by atoms with Crippen LogP contribution in [0.3, 0.4) is 0 Å². The molecule has 0 aromatic heterocycles. The van der Waals surface area contributed by atoms with Gasteiger partial charge in [0.1, 0.15) is 10.7 Å². The first-order valence-electron chi connectivity index (χ1n) is 7.15. The summed E-state index contributed by atoms with van der Waals surface area (Å²) >= 11 is 11.8. The number of halogens is 4. The van der Waals surface area contributed by atoms with Crippen LogP contribution in [0.1, 0.15) is 19.3 Å². The molecule has 0 aliphatic carbocycles. The molecular formula is C14H20Cl3FN2O2S. The lowest BCUT2D eigenvalue weighted by molar-refractivity contribution is 0.263. The lowest BCUT2D eigenvalue weighted by atomic mass is 9.95. The first-order chi connectivity index (χ1) is 10.4. The maximum atomic E-state index is 13.2. The molecule has 1 aliphatic heterocycles. The fourth-order valence-electron chi connectivity index (χ4n) is 2.69. The molecule has 1 saturated heterocycles. The molecular weight excluding hydrogens is 386 g/mol. The minimum atomic E-state index is -3.80. The highest BCUT2D eigenvalue weighted by Gasteiger charge is 2.32. The zero-order chi connectivity index (χ0) is 16.3. The van der Waals surface area contributed by atoms with Gasteiger partial charge in [0, 0.05) is 13.1 Å². The number of hydrogen-bond donors (Lipinski definition) is 1. The van der Waals surface area contributed by atoms with E-state index in [1.165, 1.54) is 4.31 Å². The molecule has 1 N–H and O–H groups in total. The van der Waals surface area contributed by atoms with Crippen molar-refractivity contribution < 1.29 is 12.8 Å². The van der Waals surface area contributed by atoms with Crippen LogP contribution in [0.4, 0.5) is 4.39 Å². The summed E-state index contributed by atoms with van der Waals surface area (Å²) in [5.41, 5.74) is 0. The molecule has 4 nitrogen and oxygen atoms in total. The Hall–Kier alpha value is -0.110. The van der Waals surface area contributed by atoms with Crippen LogP contribution in [0.15, 0.2) is 17.0 Å². The van der Waals surface area contributed by atoms with Crippen molar-refractivity contribution in [2.45, 2.75) is 24.2 Å². The predicted octanol–water partition coefficient (Wildman–Crippen LogP) is 3.56. The maximum Gasteiger partial charge on any atom is 0.246 e. The molecule has 0 saturated carbocycles. The molecule has 0 unspecified atom stereocenters. The van der Waals surface area contributed by atoms with Gasteiger partial charge in [-0.1, -0.05) is 23.2 Å². The zero-order valence-corrected chi connectivity index (χ0v) is 15.8. The molecule has 1 aromatic carbocycles. The molecule has 1 aliphatic rings. The normalized spacial score (nSPS) is 17.0. The lowest BCUT2D eigenvalue weighted by Crippen LogP contribution is -2.39. The summed E-state index contributed by atoms with van der Waals surface area (Å²) in [6.07, 6.45) is 2.64. The number of nitrogens with one attached hydrogen (secondary N) is 1. The van der Waals surface area contributed by atoms with Crippen LogP contribution in [0.25, 0.3) is 0 Å². The SMILES string of the molecule is CNCCC1CCN(S(=O)(=O)c2c(Cl)cc(F)cc2Cl)CC1.Cl. The number of nitrogens with zero attached hydrogens (tertiary/aromatic N) is 1. The molecule has 23 heavy (non-hydrogen) atoms. The summed E-state index contributed by atoms with van der Waals surface area (Å²) in [5.74, 6) is -0.141. The minimum absolute atomic E-state index is 0. The van der Waals surface area contributed by atoms with E-state index in [0.717, 1.165) is 37.9 Å². The van der Waals surface area contributed by atoms with Gasteiger partial charge >= 0.3 is 0 Å². The first kappa shape index (κ1) is 20.9. The highest BCUT2D eigenvalue weighted by Crippen LogP contribution is 2.34. The summed E-state index contributed by atoms with van der Waals surface area (Å²) < 4.78 is 40.0. The summed E-state index contributed by atoms with van der Waals surface area (Å²) in [5, 5.41) is 2.74. The molecule has 0 atom stereocenters. The molecule has 0 amide bonds. The highest BCUT2D eigenvalue weighted by molar-refractivity contribution is 7.89. The second-order valence-corrected chi connectivity index (χ2v) is 8.13. The van der Waals surface area contributed by atoms with Crippen LogP contribution in [0.2, 0.25) is 10.0 Å². The first-order valence-corrected chi connectivity index (χ1v) is 9.35. The van der Waals surface area contributed by atoms with Crippen molar-refractivity contribution in [3.05, 3.63) is 28.0 Å². The molecule has 1 heterocycles. The van der Waals surface area contributed by atoms with E-state index in [9.17, 15) is 12.8 Å². The van der Waals surface area contributed by atoms with E-state index in [1.807, 2.05) is 7.05 Å². The number of benzene rings is 1. The molecule has 9 heteroatoms. The Morgan fingerprint density at radius 2 is 1.78 bits per heavy atom. The summed E-state index contributed by atoms with van der Waals surface area (Å²) in [6.45, 7) is 1.79. The number of hydrogen-bond acceptors (Lipinski definition) is 3. The average molecular weight is 406 g/mol. The quantitative estimate of drug-likeness (QED) is 0.815. The molecule has 0 bridgehead atoms. The van der Waals surface area contributed by atoms with Gasteiger partial charge in [0.05, 0.1) is 10.0 Å². The third-order valence-corrected chi connectivity index (χ3v) is 6.76.